The number of rotatable bonds is 6. The highest BCUT2D eigenvalue weighted by molar-refractivity contribution is 5.94. The molecule has 1 saturated heterocycles. The molecule has 1 atom stereocenters. The molecule has 12 heteroatoms. The quantitative estimate of drug-likeness (QED) is 0.675. The van der Waals surface area contributed by atoms with E-state index in [4.69, 9.17) is 0 Å². The van der Waals surface area contributed by atoms with E-state index in [9.17, 15) is 31.1 Å². The first-order chi connectivity index (χ1) is 12.6. The number of halogens is 7. The van der Waals surface area contributed by atoms with E-state index in [2.05, 4.69) is 15.4 Å². The Bertz CT molecular complexity index is 618. The number of piperazine rings is 1. The van der Waals surface area contributed by atoms with Gasteiger partial charge in [-0.05, 0) is 24.3 Å². The third-order valence-electron chi connectivity index (χ3n) is 3.95. The molecule has 1 fully saturated rings. The van der Waals surface area contributed by atoms with Crippen molar-refractivity contribution in [1.82, 2.24) is 15.5 Å². The highest BCUT2D eigenvalue weighted by Crippen LogP contribution is 2.25. The van der Waals surface area contributed by atoms with Crippen molar-refractivity contribution in [2.24, 2.45) is 0 Å². The Morgan fingerprint density at radius 1 is 1.11 bits per heavy atom. The smallest absolute Gasteiger partial charge is 0.422 e. The zero-order valence-electron chi connectivity index (χ0n) is 14.6. The zero-order chi connectivity index (χ0) is 20.1. The van der Waals surface area contributed by atoms with Gasteiger partial charge in [-0.25, -0.2) is 0 Å². The van der Waals surface area contributed by atoms with Crippen molar-refractivity contribution in [2.75, 3.05) is 39.3 Å². The van der Waals surface area contributed by atoms with E-state index in [1.54, 1.807) is 0 Å². The number of ether oxygens (including phenoxy) is 1. The summed E-state index contributed by atoms with van der Waals surface area (Å²) in [5.74, 6) is -0.848. The predicted octanol–water partition coefficient (Wildman–Crippen LogP) is 2.62. The number of alkyl halides is 6. The van der Waals surface area contributed by atoms with Crippen LogP contribution in [0.1, 0.15) is 10.4 Å². The van der Waals surface area contributed by atoms with Crippen molar-refractivity contribution in [3.05, 3.63) is 29.8 Å². The Hall–Kier alpha value is -1.72. The van der Waals surface area contributed by atoms with Crippen LogP contribution in [0.3, 0.4) is 0 Å². The minimum absolute atomic E-state index is 0. The van der Waals surface area contributed by atoms with Gasteiger partial charge in [0.05, 0.1) is 0 Å². The van der Waals surface area contributed by atoms with Crippen LogP contribution < -0.4 is 15.4 Å². The monoisotopic (exact) mass is 435 g/mol. The number of nitrogens with one attached hydrogen (secondary N) is 2. The maximum absolute atomic E-state index is 13.3. The van der Waals surface area contributed by atoms with Gasteiger partial charge in [0.25, 0.3) is 5.91 Å². The molecule has 0 aromatic heterocycles. The molecule has 2 rings (SSSR count). The van der Waals surface area contributed by atoms with Crippen molar-refractivity contribution in [1.29, 1.82) is 0 Å². The van der Waals surface area contributed by atoms with Gasteiger partial charge in [0, 0.05) is 38.3 Å². The average molecular weight is 436 g/mol. The van der Waals surface area contributed by atoms with Crippen molar-refractivity contribution >= 4 is 18.3 Å². The Morgan fingerprint density at radius 3 is 2.18 bits per heavy atom. The van der Waals surface area contributed by atoms with Gasteiger partial charge < -0.3 is 15.4 Å². The van der Waals surface area contributed by atoms with Crippen LogP contribution in [0.2, 0.25) is 0 Å². The summed E-state index contributed by atoms with van der Waals surface area (Å²) in [6, 6.07) is 2.87. The number of nitrogens with zero attached hydrogens (tertiary/aromatic N) is 1. The minimum Gasteiger partial charge on any atom is -0.484 e. The second-order valence-electron chi connectivity index (χ2n) is 5.98. The largest absolute Gasteiger partial charge is 0.484 e. The molecule has 0 radical (unpaired) electrons. The van der Waals surface area contributed by atoms with Crippen LogP contribution in [0.25, 0.3) is 0 Å². The third kappa shape index (κ3) is 7.72. The predicted molar refractivity (Wildman–Crippen MR) is 91.9 cm³/mol. The zero-order valence-corrected chi connectivity index (χ0v) is 15.4. The Labute approximate surface area is 163 Å². The average Bonchev–Trinajstić information content (AvgIpc) is 2.59. The van der Waals surface area contributed by atoms with Crippen LogP contribution in [0, 0.1) is 0 Å². The summed E-state index contributed by atoms with van der Waals surface area (Å²) in [6.07, 6.45) is -8.99. The molecule has 1 aliphatic heterocycles. The standard InChI is InChI=1S/C16H19F6N3O2.ClH/c17-15(18,19)10-27-12-3-1-11(2-4-12)14(26)24-9-13(16(20,21)22)25-7-5-23-6-8-25;/h1-4,13,23H,5-10H2,(H,24,26);1H. The molecule has 28 heavy (non-hydrogen) atoms. The molecule has 1 aliphatic rings. The second kappa shape index (κ2) is 10.2. The van der Waals surface area contributed by atoms with Crippen LogP contribution >= 0.6 is 12.4 Å². The lowest BCUT2D eigenvalue weighted by molar-refractivity contribution is -0.183. The van der Waals surface area contributed by atoms with Crippen LogP contribution in [-0.2, 0) is 0 Å². The normalized spacial score (nSPS) is 16.8. The molecule has 1 aromatic rings. The molecule has 1 amide bonds. The summed E-state index contributed by atoms with van der Waals surface area (Å²) in [5.41, 5.74) is 0.0237. The molecule has 1 unspecified atom stereocenters. The molecular formula is C16H20ClF6N3O2. The van der Waals surface area contributed by atoms with E-state index in [1.807, 2.05) is 0 Å². The summed E-state index contributed by atoms with van der Waals surface area (Å²) >= 11 is 0. The molecule has 0 saturated carbocycles. The molecular weight excluding hydrogens is 416 g/mol. The van der Waals surface area contributed by atoms with Gasteiger partial charge in [-0.1, -0.05) is 0 Å². The first kappa shape index (κ1) is 24.3. The van der Waals surface area contributed by atoms with Crippen LogP contribution in [-0.4, -0.2) is 68.5 Å². The Balaban J connectivity index is 0.00000392. The number of hydrogen-bond donors (Lipinski definition) is 2. The fourth-order valence-corrected chi connectivity index (χ4v) is 2.60. The maximum atomic E-state index is 13.3. The summed E-state index contributed by atoms with van der Waals surface area (Å²) in [7, 11) is 0. The highest BCUT2D eigenvalue weighted by atomic mass is 35.5. The number of benzene rings is 1. The molecule has 0 bridgehead atoms. The number of carbonyl (C=O) groups is 1. The summed E-state index contributed by atoms with van der Waals surface area (Å²) in [6.45, 7) is -0.804. The van der Waals surface area contributed by atoms with Gasteiger partial charge >= 0.3 is 12.4 Å². The number of hydrogen-bond acceptors (Lipinski definition) is 4. The lowest BCUT2D eigenvalue weighted by Crippen LogP contribution is -2.57. The maximum Gasteiger partial charge on any atom is 0.422 e. The molecule has 5 nitrogen and oxygen atoms in total. The van der Waals surface area contributed by atoms with E-state index >= 15 is 0 Å². The lowest BCUT2D eigenvalue weighted by Gasteiger charge is -2.35. The molecule has 0 spiro atoms. The van der Waals surface area contributed by atoms with E-state index < -0.39 is 37.5 Å². The summed E-state index contributed by atoms with van der Waals surface area (Å²) < 4.78 is 80.6. The molecule has 0 aliphatic carbocycles. The summed E-state index contributed by atoms with van der Waals surface area (Å²) in [4.78, 5) is 13.3. The van der Waals surface area contributed by atoms with E-state index in [1.165, 1.54) is 17.0 Å². The highest BCUT2D eigenvalue weighted by Gasteiger charge is 2.43. The molecule has 1 aromatic carbocycles. The van der Waals surface area contributed by atoms with Crippen molar-refractivity contribution in [3.8, 4) is 5.75 Å². The topological polar surface area (TPSA) is 53.6 Å². The molecule has 160 valence electrons. The van der Waals surface area contributed by atoms with Crippen LogP contribution in [0.4, 0.5) is 26.3 Å². The first-order valence-electron chi connectivity index (χ1n) is 8.15. The van der Waals surface area contributed by atoms with Crippen LogP contribution in [0.15, 0.2) is 24.3 Å². The Kier molecular flexibility index (Phi) is 8.83. The van der Waals surface area contributed by atoms with Gasteiger partial charge in [0.1, 0.15) is 11.8 Å². The van der Waals surface area contributed by atoms with Gasteiger partial charge in [-0.15, -0.1) is 12.4 Å². The second-order valence-corrected chi connectivity index (χ2v) is 5.98. The summed E-state index contributed by atoms with van der Waals surface area (Å²) in [5, 5.41) is 5.19. The van der Waals surface area contributed by atoms with Crippen molar-refractivity contribution in [3.63, 3.8) is 0 Å². The van der Waals surface area contributed by atoms with Crippen molar-refractivity contribution in [2.45, 2.75) is 18.4 Å². The van der Waals surface area contributed by atoms with Gasteiger partial charge in [0.15, 0.2) is 6.61 Å². The van der Waals surface area contributed by atoms with E-state index in [0.29, 0.717) is 13.1 Å². The number of amides is 1. The fourth-order valence-electron chi connectivity index (χ4n) is 2.60. The molecule has 1 heterocycles. The first-order valence-corrected chi connectivity index (χ1v) is 8.15. The van der Waals surface area contributed by atoms with Gasteiger partial charge in [-0.2, -0.15) is 26.3 Å². The SMILES string of the molecule is Cl.O=C(NCC(N1CCNCC1)C(F)(F)F)c1ccc(OCC(F)(F)F)cc1. The minimum atomic E-state index is -4.50. The molecule has 2 N–H and O–H groups in total. The van der Waals surface area contributed by atoms with Gasteiger partial charge in [-0.3, -0.25) is 9.69 Å². The van der Waals surface area contributed by atoms with E-state index in [-0.39, 0.29) is 36.8 Å². The number of carbonyl (C=O) groups excluding carboxylic acids is 1. The lowest BCUT2D eigenvalue weighted by atomic mass is 10.1. The van der Waals surface area contributed by atoms with Crippen molar-refractivity contribution < 1.29 is 35.9 Å². The van der Waals surface area contributed by atoms with Crippen LogP contribution in [0.5, 0.6) is 5.75 Å². The van der Waals surface area contributed by atoms with E-state index in [0.717, 1.165) is 12.1 Å². The Morgan fingerprint density at radius 2 is 1.68 bits per heavy atom. The van der Waals surface area contributed by atoms with Gasteiger partial charge in [0.2, 0.25) is 0 Å². The third-order valence-corrected chi connectivity index (χ3v) is 3.95. The fraction of sp³-hybridized carbons (Fsp3) is 0.562.